The quantitative estimate of drug-likeness (QED) is 0.735. The van der Waals surface area contributed by atoms with Crippen molar-refractivity contribution < 1.29 is 13.9 Å². The lowest BCUT2D eigenvalue weighted by Crippen LogP contribution is -2.55. The number of rotatable bonds is 4. The minimum atomic E-state index is -0.552. The second kappa shape index (κ2) is 9.23. The Bertz CT molecular complexity index is 902. The summed E-state index contributed by atoms with van der Waals surface area (Å²) in [6.45, 7) is 5.12. The van der Waals surface area contributed by atoms with Gasteiger partial charge < -0.3 is 14.5 Å². The number of benzene rings is 2. The first-order chi connectivity index (χ1) is 14.6. The summed E-state index contributed by atoms with van der Waals surface area (Å²) in [4.78, 5) is 19.6. The Kier molecular flexibility index (Phi) is 6.44. The van der Waals surface area contributed by atoms with Crippen molar-refractivity contribution in [2.75, 3.05) is 51.3 Å². The zero-order chi connectivity index (χ0) is 21.1. The van der Waals surface area contributed by atoms with Crippen molar-refractivity contribution >= 4 is 23.2 Å². The average molecular weight is 432 g/mol. The number of ether oxygens (including phenoxy) is 1. The van der Waals surface area contributed by atoms with E-state index in [0.29, 0.717) is 24.7 Å². The van der Waals surface area contributed by atoms with Crippen molar-refractivity contribution in [2.45, 2.75) is 18.9 Å². The molecule has 30 heavy (non-hydrogen) atoms. The van der Waals surface area contributed by atoms with Gasteiger partial charge in [-0.25, -0.2) is 4.39 Å². The number of nitrogens with zero attached hydrogens (tertiary/aromatic N) is 3. The summed E-state index contributed by atoms with van der Waals surface area (Å²) in [7, 11) is 1.70. The van der Waals surface area contributed by atoms with Crippen LogP contribution in [0.3, 0.4) is 0 Å². The summed E-state index contributed by atoms with van der Waals surface area (Å²) < 4.78 is 19.3. The van der Waals surface area contributed by atoms with E-state index in [2.05, 4.69) is 15.9 Å². The van der Waals surface area contributed by atoms with E-state index in [1.165, 1.54) is 12.1 Å². The van der Waals surface area contributed by atoms with E-state index in [0.717, 1.165) is 50.5 Å². The molecule has 0 spiro atoms. The fourth-order valence-electron chi connectivity index (χ4n) is 4.47. The third-order valence-electron chi connectivity index (χ3n) is 6.11. The molecule has 160 valence electrons. The molecule has 7 heteroatoms. The minimum Gasteiger partial charge on any atom is -0.495 e. The molecule has 0 aliphatic carbocycles. The fraction of sp³-hybridized carbons (Fsp3) is 0.435. The van der Waals surface area contributed by atoms with Crippen LogP contribution in [0.1, 0.15) is 23.2 Å². The smallest absolute Gasteiger partial charge is 0.254 e. The molecule has 0 aromatic heterocycles. The molecular formula is C23H27ClFN3O2. The van der Waals surface area contributed by atoms with E-state index in [1.54, 1.807) is 13.2 Å². The second-order valence-corrected chi connectivity index (χ2v) is 8.28. The highest BCUT2D eigenvalue weighted by atomic mass is 35.5. The van der Waals surface area contributed by atoms with E-state index in [9.17, 15) is 9.18 Å². The van der Waals surface area contributed by atoms with Crippen molar-refractivity contribution in [1.82, 2.24) is 9.80 Å². The molecule has 2 aliphatic heterocycles. The highest BCUT2D eigenvalue weighted by Gasteiger charge is 2.31. The molecule has 4 rings (SSSR count). The fourth-order valence-corrected chi connectivity index (χ4v) is 4.59. The highest BCUT2D eigenvalue weighted by Crippen LogP contribution is 2.29. The van der Waals surface area contributed by atoms with Gasteiger partial charge in [0.05, 0.1) is 17.8 Å². The lowest BCUT2D eigenvalue weighted by molar-refractivity contribution is 0.0563. The predicted octanol–water partition coefficient (Wildman–Crippen LogP) is 3.91. The number of amides is 1. The van der Waals surface area contributed by atoms with Crippen LogP contribution in [-0.4, -0.2) is 68.1 Å². The number of carbonyl (C=O) groups excluding carboxylic acids is 1. The van der Waals surface area contributed by atoms with E-state index in [4.69, 9.17) is 16.3 Å². The average Bonchev–Trinajstić information content (AvgIpc) is 2.80. The maximum Gasteiger partial charge on any atom is 0.254 e. The Morgan fingerprint density at radius 3 is 2.60 bits per heavy atom. The van der Waals surface area contributed by atoms with Gasteiger partial charge in [-0.05, 0) is 43.2 Å². The molecule has 5 nitrogen and oxygen atoms in total. The number of hydrogen-bond donors (Lipinski definition) is 0. The third-order valence-corrected chi connectivity index (χ3v) is 6.41. The summed E-state index contributed by atoms with van der Waals surface area (Å²) in [6.07, 6.45) is 2.03. The van der Waals surface area contributed by atoms with Gasteiger partial charge in [-0.15, -0.1) is 0 Å². The summed E-state index contributed by atoms with van der Waals surface area (Å²) >= 11 is 5.75. The zero-order valence-corrected chi connectivity index (χ0v) is 17.9. The molecule has 0 saturated carbocycles. The minimum absolute atomic E-state index is 0.0380. The number of piperazine rings is 1. The van der Waals surface area contributed by atoms with Crippen LogP contribution in [0.5, 0.6) is 5.75 Å². The Balaban J connectivity index is 1.37. The Hall–Kier alpha value is -2.31. The summed E-state index contributed by atoms with van der Waals surface area (Å²) in [6, 6.07) is 12.7. The third kappa shape index (κ3) is 4.40. The van der Waals surface area contributed by atoms with Crippen molar-refractivity contribution in [2.24, 2.45) is 0 Å². The normalized spacial score (nSPS) is 20.3. The standard InChI is InChI=1S/C23H27ClFN3O2/c1-30-22-7-3-2-6-21(22)27-13-11-26(12-14-27)18-5-4-10-28(16-18)23(29)17-8-9-19(24)20(25)15-17/h2-3,6-9,15,18H,4-5,10-14,16H2,1H3. The van der Waals surface area contributed by atoms with Crippen LogP contribution in [0.4, 0.5) is 10.1 Å². The first-order valence-corrected chi connectivity index (χ1v) is 10.8. The van der Waals surface area contributed by atoms with Gasteiger partial charge in [0, 0.05) is 50.9 Å². The van der Waals surface area contributed by atoms with Crippen LogP contribution in [0.15, 0.2) is 42.5 Å². The van der Waals surface area contributed by atoms with Crippen LogP contribution >= 0.6 is 11.6 Å². The van der Waals surface area contributed by atoms with E-state index < -0.39 is 5.82 Å². The number of methoxy groups -OCH3 is 1. The van der Waals surface area contributed by atoms with Gasteiger partial charge in [0.15, 0.2) is 0 Å². The first-order valence-electron chi connectivity index (χ1n) is 10.4. The lowest BCUT2D eigenvalue weighted by atomic mass is 10.0. The van der Waals surface area contributed by atoms with Crippen molar-refractivity contribution in [3.8, 4) is 5.75 Å². The first kappa shape index (κ1) is 20.9. The highest BCUT2D eigenvalue weighted by molar-refractivity contribution is 6.30. The molecule has 2 saturated heterocycles. The number of hydrogen-bond acceptors (Lipinski definition) is 4. The van der Waals surface area contributed by atoms with Gasteiger partial charge >= 0.3 is 0 Å². The molecule has 1 amide bonds. The number of likely N-dealkylation sites (tertiary alicyclic amines) is 1. The monoisotopic (exact) mass is 431 g/mol. The molecular weight excluding hydrogens is 405 g/mol. The number of piperidine rings is 1. The Morgan fingerprint density at radius 2 is 1.87 bits per heavy atom. The number of anilines is 1. The maximum atomic E-state index is 13.8. The molecule has 1 unspecified atom stereocenters. The summed E-state index contributed by atoms with van der Waals surface area (Å²) in [5.41, 5.74) is 1.49. The van der Waals surface area contributed by atoms with Crippen molar-refractivity contribution in [3.63, 3.8) is 0 Å². The molecule has 1 atom stereocenters. The van der Waals surface area contributed by atoms with Gasteiger partial charge in [0.1, 0.15) is 11.6 Å². The van der Waals surface area contributed by atoms with Crippen LogP contribution in [0.2, 0.25) is 5.02 Å². The Labute approximate surface area is 182 Å². The van der Waals surface area contributed by atoms with Crippen molar-refractivity contribution in [3.05, 3.63) is 58.9 Å². The molecule has 0 bridgehead atoms. The SMILES string of the molecule is COc1ccccc1N1CCN(C2CCCN(C(=O)c3ccc(Cl)c(F)c3)C2)CC1. The van der Waals surface area contributed by atoms with Gasteiger partial charge in [0.2, 0.25) is 0 Å². The molecule has 0 N–H and O–H groups in total. The van der Waals surface area contributed by atoms with E-state index in [1.807, 2.05) is 23.1 Å². The van der Waals surface area contributed by atoms with Crippen molar-refractivity contribution in [1.29, 1.82) is 0 Å². The number of carbonyl (C=O) groups is 1. The van der Waals surface area contributed by atoms with Gasteiger partial charge in [-0.2, -0.15) is 0 Å². The number of halogens is 2. The molecule has 2 aliphatic rings. The maximum absolute atomic E-state index is 13.8. The zero-order valence-electron chi connectivity index (χ0n) is 17.2. The van der Waals surface area contributed by atoms with E-state index >= 15 is 0 Å². The Morgan fingerprint density at radius 1 is 1.10 bits per heavy atom. The molecule has 2 heterocycles. The number of para-hydroxylation sites is 2. The summed E-state index contributed by atoms with van der Waals surface area (Å²) in [5.74, 6) is 0.224. The molecule has 2 aromatic rings. The van der Waals surface area contributed by atoms with E-state index in [-0.39, 0.29) is 10.9 Å². The summed E-state index contributed by atoms with van der Waals surface area (Å²) in [5, 5.41) is 0.0380. The second-order valence-electron chi connectivity index (χ2n) is 7.87. The van der Waals surface area contributed by atoms with Crippen LogP contribution < -0.4 is 9.64 Å². The predicted molar refractivity (Wildman–Crippen MR) is 117 cm³/mol. The van der Waals surface area contributed by atoms with Gasteiger partial charge in [0.25, 0.3) is 5.91 Å². The molecule has 2 aromatic carbocycles. The van der Waals surface area contributed by atoms with Crippen LogP contribution in [-0.2, 0) is 0 Å². The lowest BCUT2D eigenvalue weighted by Gasteiger charge is -2.44. The largest absolute Gasteiger partial charge is 0.495 e. The van der Waals surface area contributed by atoms with Gasteiger partial charge in [-0.1, -0.05) is 23.7 Å². The van der Waals surface area contributed by atoms with Crippen LogP contribution in [0.25, 0.3) is 0 Å². The van der Waals surface area contributed by atoms with Crippen LogP contribution in [0, 0.1) is 5.82 Å². The molecule has 0 radical (unpaired) electrons. The van der Waals surface area contributed by atoms with Gasteiger partial charge in [-0.3, -0.25) is 9.69 Å². The topological polar surface area (TPSA) is 36.0 Å². The molecule has 2 fully saturated rings.